The van der Waals surface area contributed by atoms with Gasteiger partial charge in [-0.2, -0.15) is 5.10 Å². The van der Waals surface area contributed by atoms with E-state index in [-0.39, 0.29) is 17.7 Å². The van der Waals surface area contributed by atoms with Crippen LogP contribution in [-0.2, 0) is 4.79 Å². The Hall–Kier alpha value is -1.08. The van der Waals surface area contributed by atoms with E-state index in [0.29, 0.717) is 15.7 Å². The van der Waals surface area contributed by atoms with Crippen LogP contribution in [0.5, 0.6) is 0 Å². The van der Waals surface area contributed by atoms with Gasteiger partial charge in [0.05, 0.1) is 16.8 Å². The second-order valence-electron chi connectivity index (χ2n) is 5.13. The van der Waals surface area contributed by atoms with Gasteiger partial charge >= 0.3 is 5.97 Å². The Bertz CT molecular complexity index is 809. The molecule has 1 aromatic carbocycles. The Labute approximate surface area is 155 Å². The van der Waals surface area contributed by atoms with Gasteiger partial charge in [0.2, 0.25) is 0 Å². The number of carboxylic acid groups (broad SMARTS) is 1. The summed E-state index contributed by atoms with van der Waals surface area (Å²) in [5.41, 5.74) is 0.749. The first kappa shape index (κ1) is 16.8. The minimum absolute atomic E-state index is 0.116. The topological polar surface area (TPSA) is 52.9 Å². The minimum Gasteiger partial charge on any atom is -0.477 e. The maximum absolute atomic E-state index is 11.5. The zero-order valence-electron chi connectivity index (χ0n) is 11.8. The van der Waals surface area contributed by atoms with Crippen molar-refractivity contribution in [2.45, 2.75) is 13.0 Å². The van der Waals surface area contributed by atoms with Crippen molar-refractivity contribution in [3.05, 3.63) is 49.0 Å². The predicted molar refractivity (Wildman–Crippen MR) is 97.9 cm³/mol. The van der Waals surface area contributed by atoms with E-state index in [9.17, 15) is 9.90 Å². The van der Waals surface area contributed by atoms with E-state index < -0.39 is 5.97 Å². The van der Waals surface area contributed by atoms with Gasteiger partial charge in [0.25, 0.3) is 0 Å². The van der Waals surface area contributed by atoms with Gasteiger partial charge in [0.1, 0.15) is 0 Å². The summed E-state index contributed by atoms with van der Waals surface area (Å²) in [6.07, 6.45) is 0. The van der Waals surface area contributed by atoms with E-state index in [4.69, 9.17) is 23.2 Å². The minimum atomic E-state index is -1.02. The van der Waals surface area contributed by atoms with Crippen molar-refractivity contribution < 1.29 is 9.90 Å². The van der Waals surface area contributed by atoms with Gasteiger partial charge in [-0.25, -0.2) is 4.79 Å². The first-order valence-corrected chi connectivity index (χ1v) is 9.11. The molecule has 23 heavy (non-hydrogen) atoms. The Morgan fingerprint density at radius 1 is 1.39 bits per heavy atom. The van der Waals surface area contributed by atoms with Crippen molar-refractivity contribution in [3.8, 4) is 0 Å². The predicted octanol–water partition coefficient (Wildman–Crippen LogP) is 5.46. The zero-order valence-corrected chi connectivity index (χ0v) is 15.7. The van der Waals surface area contributed by atoms with Crippen LogP contribution in [0.2, 0.25) is 10.0 Å². The highest BCUT2D eigenvalue weighted by Crippen LogP contribution is 2.44. The number of aliphatic carboxylic acids is 1. The molecule has 8 heteroatoms. The van der Waals surface area contributed by atoms with Gasteiger partial charge in [0.15, 0.2) is 5.71 Å². The van der Waals surface area contributed by atoms with Crippen LogP contribution in [0.4, 0.5) is 5.69 Å². The molecule has 1 aromatic heterocycles. The summed E-state index contributed by atoms with van der Waals surface area (Å²) < 4.78 is 0.954. The number of hydrogen-bond donors (Lipinski definition) is 1. The fourth-order valence-electron chi connectivity index (χ4n) is 2.59. The molecule has 1 aliphatic heterocycles. The van der Waals surface area contributed by atoms with Crippen LogP contribution < -0.4 is 5.01 Å². The number of carboxylic acids is 1. The molecule has 120 valence electrons. The molecule has 2 heterocycles. The van der Waals surface area contributed by atoms with Crippen LogP contribution in [0.25, 0.3) is 0 Å². The number of hydrazone groups is 1. The lowest BCUT2D eigenvalue weighted by Crippen LogP contribution is -2.25. The van der Waals surface area contributed by atoms with Crippen molar-refractivity contribution in [2.24, 2.45) is 11.0 Å². The molecule has 2 aromatic rings. The highest BCUT2D eigenvalue weighted by molar-refractivity contribution is 9.10. The van der Waals surface area contributed by atoms with Crippen LogP contribution in [0.3, 0.4) is 0 Å². The van der Waals surface area contributed by atoms with Crippen molar-refractivity contribution in [1.82, 2.24) is 0 Å². The van der Waals surface area contributed by atoms with E-state index >= 15 is 0 Å². The summed E-state index contributed by atoms with van der Waals surface area (Å²) in [4.78, 5) is 12.5. The molecule has 0 unspecified atom stereocenters. The number of carbonyl (C=O) groups is 1. The molecule has 1 N–H and O–H groups in total. The molecule has 0 spiro atoms. The lowest BCUT2D eigenvalue weighted by atomic mass is 9.96. The molecule has 0 amide bonds. The van der Waals surface area contributed by atoms with Crippen molar-refractivity contribution >= 4 is 67.8 Å². The molecule has 0 aliphatic carbocycles. The second kappa shape index (κ2) is 6.43. The maximum atomic E-state index is 11.5. The average molecular weight is 434 g/mol. The van der Waals surface area contributed by atoms with Gasteiger partial charge in [-0.05, 0) is 40.2 Å². The van der Waals surface area contributed by atoms with E-state index in [2.05, 4.69) is 21.0 Å². The maximum Gasteiger partial charge on any atom is 0.352 e. The molecule has 0 saturated heterocycles. The molecule has 0 radical (unpaired) electrons. The summed E-state index contributed by atoms with van der Waals surface area (Å²) in [7, 11) is 0. The van der Waals surface area contributed by atoms with Crippen LogP contribution in [0.15, 0.2) is 39.2 Å². The summed E-state index contributed by atoms with van der Waals surface area (Å²) >= 11 is 17.2. The van der Waals surface area contributed by atoms with Gasteiger partial charge in [0, 0.05) is 25.7 Å². The molecule has 1 aliphatic rings. The summed E-state index contributed by atoms with van der Waals surface area (Å²) in [5, 5.41) is 18.3. The first-order chi connectivity index (χ1) is 10.9. The van der Waals surface area contributed by atoms with Crippen LogP contribution in [-0.4, -0.2) is 16.8 Å². The van der Waals surface area contributed by atoms with E-state index in [1.165, 1.54) is 0 Å². The third-order valence-electron chi connectivity index (χ3n) is 3.64. The molecule has 4 nitrogen and oxygen atoms in total. The summed E-state index contributed by atoms with van der Waals surface area (Å²) in [5.74, 6) is -1.30. The van der Waals surface area contributed by atoms with Crippen LogP contribution in [0, 0.1) is 5.92 Å². The monoisotopic (exact) mass is 432 g/mol. The lowest BCUT2D eigenvalue weighted by Gasteiger charge is -2.26. The number of anilines is 1. The van der Waals surface area contributed by atoms with Crippen LogP contribution in [0.1, 0.15) is 17.8 Å². The number of rotatable bonds is 3. The first-order valence-electron chi connectivity index (χ1n) is 6.68. The number of hydrogen-bond acceptors (Lipinski definition) is 4. The molecule has 0 fully saturated rings. The smallest absolute Gasteiger partial charge is 0.352 e. The standard InChI is InChI=1S/C15H11BrCl2N2O2S/c1-7-13(15(21)22)19-20(11-3-2-9(17)5-10(11)18)14(7)12-4-8(16)6-23-12/h2-7,14H,1H3,(H,21,22)/t7-,14-/m1/s1. The average Bonchev–Trinajstić information content (AvgIpc) is 3.02. The number of thiophene rings is 1. The molecule has 2 atom stereocenters. The highest BCUT2D eigenvalue weighted by atomic mass is 79.9. The third-order valence-corrected chi connectivity index (χ3v) is 5.94. The second-order valence-corrected chi connectivity index (χ2v) is 7.83. The van der Waals surface area contributed by atoms with Crippen molar-refractivity contribution in [2.75, 3.05) is 5.01 Å². The fraction of sp³-hybridized carbons (Fsp3) is 0.200. The van der Waals surface area contributed by atoms with E-state index in [1.807, 2.05) is 18.4 Å². The number of benzene rings is 1. The summed E-state index contributed by atoms with van der Waals surface area (Å²) in [6.45, 7) is 1.86. The normalized spacial score (nSPS) is 20.7. The highest BCUT2D eigenvalue weighted by Gasteiger charge is 2.40. The molecular formula is C15H11BrCl2N2O2S. The summed E-state index contributed by atoms with van der Waals surface area (Å²) in [6, 6.07) is 6.84. The third kappa shape index (κ3) is 3.13. The molecule has 3 rings (SSSR count). The van der Waals surface area contributed by atoms with Crippen molar-refractivity contribution in [3.63, 3.8) is 0 Å². The van der Waals surface area contributed by atoms with E-state index in [0.717, 1.165) is 9.35 Å². The van der Waals surface area contributed by atoms with Gasteiger partial charge < -0.3 is 5.11 Å². The lowest BCUT2D eigenvalue weighted by molar-refractivity contribution is -0.129. The van der Waals surface area contributed by atoms with Gasteiger partial charge in [-0.1, -0.05) is 30.1 Å². The number of nitrogens with zero attached hydrogens (tertiary/aromatic N) is 2. The Morgan fingerprint density at radius 2 is 2.13 bits per heavy atom. The number of halogens is 3. The van der Waals surface area contributed by atoms with Gasteiger partial charge in [-0.3, -0.25) is 5.01 Å². The Balaban J connectivity index is 2.11. The van der Waals surface area contributed by atoms with Crippen LogP contribution >= 0.6 is 50.5 Å². The molecular weight excluding hydrogens is 423 g/mol. The molecule has 0 bridgehead atoms. The largest absolute Gasteiger partial charge is 0.477 e. The zero-order chi connectivity index (χ0) is 16.7. The Morgan fingerprint density at radius 3 is 2.70 bits per heavy atom. The van der Waals surface area contributed by atoms with Crippen molar-refractivity contribution in [1.29, 1.82) is 0 Å². The van der Waals surface area contributed by atoms with E-state index in [1.54, 1.807) is 34.5 Å². The quantitative estimate of drug-likeness (QED) is 0.699. The van der Waals surface area contributed by atoms with Gasteiger partial charge in [-0.15, -0.1) is 11.3 Å². The Kier molecular flexibility index (Phi) is 4.69. The fourth-order valence-corrected chi connectivity index (χ4v) is 4.72. The molecule has 0 saturated carbocycles. The SMILES string of the molecule is C[C@@H]1C(C(=O)O)=NN(c2ccc(Cl)cc2Cl)[C@H]1c1cc(Br)cs1.